The molecule has 0 saturated heterocycles. The van der Waals surface area contributed by atoms with E-state index in [-0.39, 0.29) is 10.8 Å². The third kappa shape index (κ3) is 2.35. The molecule has 21 heavy (non-hydrogen) atoms. The summed E-state index contributed by atoms with van der Waals surface area (Å²) in [5.74, 6) is 5.49. The number of sulfonamides is 1. The van der Waals surface area contributed by atoms with Crippen LogP contribution >= 0.6 is 11.3 Å². The summed E-state index contributed by atoms with van der Waals surface area (Å²) in [6.07, 6.45) is 1.64. The fourth-order valence-electron chi connectivity index (χ4n) is 2.00. The molecule has 0 unspecified atom stereocenters. The van der Waals surface area contributed by atoms with Gasteiger partial charge in [0.1, 0.15) is 0 Å². The van der Waals surface area contributed by atoms with E-state index in [0.29, 0.717) is 10.6 Å². The number of benzene rings is 1. The maximum Gasteiger partial charge on any atom is 0.281 e. The van der Waals surface area contributed by atoms with Crippen LogP contribution in [0.15, 0.2) is 40.9 Å². The number of hydrazine groups is 1. The van der Waals surface area contributed by atoms with E-state index in [1.807, 2.05) is 19.1 Å². The molecule has 1 aromatic carbocycles. The third-order valence-corrected chi connectivity index (χ3v) is 5.14. The van der Waals surface area contributed by atoms with Gasteiger partial charge in [-0.15, -0.1) is 11.3 Å². The van der Waals surface area contributed by atoms with Gasteiger partial charge in [-0.05, 0) is 18.6 Å². The first-order valence-corrected chi connectivity index (χ1v) is 8.40. The summed E-state index contributed by atoms with van der Waals surface area (Å²) in [7, 11) is -3.82. The molecule has 0 saturated carbocycles. The molecule has 3 aromatic rings. The van der Waals surface area contributed by atoms with Crippen molar-refractivity contribution in [1.82, 2.24) is 9.38 Å². The minimum absolute atomic E-state index is 0.00972. The molecular weight excluding hydrogens is 310 g/mol. The van der Waals surface area contributed by atoms with Crippen molar-refractivity contribution in [2.24, 2.45) is 5.84 Å². The number of aromatic nitrogens is 2. The van der Waals surface area contributed by atoms with E-state index in [0.717, 1.165) is 5.56 Å². The second-order valence-electron chi connectivity index (χ2n) is 4.39. The molecule has 2 heterocycles. The Morgan fingerprint density at radius 1 is 1.33 bits per heavy atom. The molecule has 0 aliphatic carbocycles. The molecule has 9 heteroatoms. The van der Waals surface area contributed by atoms with Gasteiger partial charge >= 0.3 is 0 Å². The molecule has 0 atom stereocenters. The van der Waals surface area contributed by atoms with Gasteiger partial charge in [0.05, 0.1) is 5.69 Å². The Morgan fingerprint density at radius 2 is 2.10 bits per heavy atom. The number of anilines is 2. The van der Waals surface area contributed by atoms with Crippen molar-refractivity contribution in [3.8, 4) is 0 Å². The van der Waals surface area contributed by atoms with Crippen LogP contribution < -0.4 is 16.0 Å². The minimum Gasteiger partial charge on any atom is -0.306 e. The van der Waals surface area contributed by atoms with Gasteiger partial charge in [0, 0.05) is 11.6 Å². The lowest BCUT2D eigenvalue weighted by Crippen LogP contribution is -2.19. The average molecular weight is 323 g/mol. The monoisotopic (exact) mass is 323 g/mol. The molecule has 0 radical (unpaired) electrons. The van der Waals surface area contributed by atoms with E-state index in [9.17, 15) is 8.42 Å². The van der Waals surface area contributed by atoms with Gasteiger partial charge in [0.2, 0.25) is 5.03 Å². The molecular formula is C12H13N5O2S2. The third-order valence-electron chi connectivity index (χ3n) is 3.00. The van der Waals surface area contributed by atoms with Gasteiger partial charge in [-0.3, -0.25) is 9.12 Å². The van der Waals surface area contributed by atoms with Crippen molar-refractivity contribution >= 4 is 37.8 Å². The first-order valence-electron chi connectivity index (χ1n) is 6.03. The Kier molecular flexibility index (Phi) is 3.32. The lowest BCUT2D eigenvalue weighted by atomic mass is 10.2. The predicted molar refractivity (Wildman–Crippen MR) is 82.9 cm³/mol. The number of fused-ring (bicyclic) bond motifs is 1. The molecule has 0 aliphatic heterocycles. The second-order valence-corrected chi connectivity index (χ2v) is 6.86. The summed E-state index contributed by atoms with van der Waals surface area (Å²) < 4.78 is 29.3. The summed E-state index contributed by atoms with van der Waals surface area (Å²) in [4.78, 5) is 4.70. The van der Waals surface area contributed by atoms with E-state index in [4.69, 9.17) is 5.84 Å². The highest BCUT2D eigenvalue weighted by Crippen LogP contribution is 2.27. The quantitative estimate of drug-likeness (QED) is 0.502. The van der Waals surface area contributed by atoms with Crippen molar-refractivity contribution in [1.29, 1.82) is 0 Å². The summed E-state index contributed by atoms with van der Waals surface area (Å²) in [6, 6.07) is 7.14. The van der Waals surface area contributed by atoms with Gasteiger partial charge in [0.25, 0.3) is 10.0 Å². The van der Waals surface area contributed by atoms with Crippen LogP contribution in [0.25, 0.3) is 4.96 Å². The number of para-hydroxylation sites is 1. The van der Waals surface area contributed by atoms with E-state index in [2.05, 4.69) is 15.1 Å². The van der Waals surface area contributed by atoms with E-state index < -0.39 is 10.0 Å². The number of nitrogens with two attached hydrogens (primary N) is 1. The summed E-state index contributed by atoms with van der Waals surface area (Å²) >= 11 is 1.33. The summed E-state index contributed by atoms with van der Waals surface area (Å²) in [5, 5.41) is 1.75. The van der Waals surface area contributed by atoms with Crippen LogP contribution in [0.2, 0.25) is 0 Å². The van der Waals surface area contributed by atoms with Crippen LogP contribution in [0.3, 0.4) is 0 Å². The molecule has 110 valence electrons. The van der Waals surface area contributed by atoms with Crippen molar-refractivity contribution in [2.45, 2.75) is 11.9 Å². The lowest BCUT2D eigenvalue weighted by Gasteiger charge is -2.10. The molecule has 0 spiro atoms. The molecule has 0 aliphatic rings. The molecule has 2 aromatic heterocycles. The largest absolute Gasteiger partial charge is 0.306 e. The molecule has 7 nitrogen and oxygen atoms in total. The van der Waals surface area contributed by atoms with Crippen LogP contribution in [0.1, 0.15) is 5.56 Å². The second kappa shape index (κ2) is 5.02. The highest BCUT2D eigenvalue weighted by atomic mass is 32.2. The highest BCUT2D eigenvalue weighted by Gasteiger charge is 2.26. The van der Waals surface area contributed by atoms with E-state index in [1.165, 1.54) is 15.7 Å². The number of thiazole rings is 1. The predicted octanol–water partition coefficient (Wildman–Crippen LogP) is 1.79. The van der Waals surface area contributed by atoms with Crippen LogP contribution in [0.4, 0.5) is 11.5 Å². The van der Waals surface area contributed by atoms with Crippen LogP contribution in [-0.2, 0) is 10.0 Å². The van der Waals surface area contributed by atoms with Crippen LogP contribution in [0.5, 0.6) is 0 Å². The van der Waals surface area contributed by atoms with Crippen molar-refractivity contribution < 1.29 is 8.42 Å². The standard InChI is InChI=1S/C12H13N5O2S2/c1-8-4-2-3-5-9(8)16-21(18,19)11-10(15-13)14-12-17(11)6-7-20-12/h2-7,15-16H,13H2,1H3. The first kappa shape index (κ1) is 13.9. The van der Waals surface area contributed by atoms with Gasteiger partial charge in [-0.1, -0.05) is 18.2 Å². The van der Waals surface area contributed by atoms with Crippen LogP contribution in [0, 0.1) is 6.92 Å². The number of rotatable bonds is 4. The zero-order valence-electron chi connectivity index (χ0n) is 11.1. The summed E-state index contributed by atoms with van der Waals surface area (Å²) in [6.45, 7) is 1.83. The Bertz CT molecular complexity index is 897. The number of nitrogens with zero attached hydrogens (tertiary/aromatic N) is 2. The Morgan fingerprint density at radius 3 is 2.81 bits per heavy atom. The fraction of sp³-hybridized carbons (Fsp3) is 0.0833. The molecule has 0 bridgehead atoms. The zero-order valence-corrected chi connectivity index (χ0v) is 12.7. The molecule has 0 amide bonds. The Hall–Kier alpha value is -2.10. The Labute approximate surface area is 125 Å². The number of nitrogens with one attached hydrogen (secondary N) is 2. The molecule has 3 rings (SSSR count). The molecule has 4 N–H and O–H groups in total. The normalized spacial score (nSPS) is 11.7. The van der Waals surface area contributed by atoms with Crippen molar-refractivity contribution in [3.63, 3.8) is 0 Å². The van der Waals surface area contributed by atoms with Crippen LogP contribution in [-0.4, -0.2) is 17.8 Å². The zero-order chi connectivity index (χ0) is 15.0. The number of aryl methyl sites for hydroxylation is 1. The first-order chi connectivity index (χ1) is 10.0. The number of nitrogen functional groups attached to an aromatic ring is 1. The smallest absolute Gasteiger partial charge is 0.281 e. The van der Waals surface area contributed by atoms with Gasteiger partial charge < -0.3 is 5.43 Å². The summed E-state index contributed by atoms with van der Waals surface area (Å²) in [5.41, 5.74) is 3.68. The van der Waals surface area contributed by atoms with Gasteiger partial charge in [-0.25, -0.2) is 5.84 Å². The van der Waals surface area contributed by atoms with E-state index >= 15 is 0 Å². The van der Waals surface area contributed by atoms with Crippen molar-refractivity contribution in [2.75, 3.05) is 10.1 Å². The van der Waals surface area contributed by atoms with Gasteiger partial charge in [0.15, 0.2) is 10.8 Å². The Balaban J connectivity index is 2.12. The molecule has 0 fully saturated rings. The maximum absolute atomic E-state index is 12.6. The van der Waals surface area contributed by atoms with Gasteiger partial charge in [-0.2, -0.15) is 13.4 Å². The van der Waals surface area contributed by atoms with Crippen molar-refractivity contribution in [3.05, 3.63) is 41.4 Å². The average Bonchev–Trinajstić information content (AvgIpc) is 3.00. The SMILES string of the molecule is Cc1ccccc1NS(=O)(=O)c1c(NN)nc2sccn12. The fourth-order valence-corrected chi connectivity index (χ4v) is 4.15. The lowest BCUT2D eigenvalue weighted by molar-refractivity contribution is 0.597. The minimum atomic E-state index is -3.82. The maximum atomic E-state index is 12.6. The number of hydrogen-bond acceptors (Lipinski definition) is 6. The highest BCUT2D eigenvalue weighted by molar-refractivity contribution is 7.92. The number of imidazole rings is 1. The topological polar surface area (TPSA) is 102 Å². The number of hydrogen-bond donors (Lipinski definition) is 3. The van der Waals surface area contributed by atoms with E-state index in [1.54, 1.807) is 23.7 Å².